The SMILES string of the molecule is Cc1ccc(CNC(=O)C2CCC(CNS(=O)(=O)c3cccc4nsnc34)CC2)cc1. The van der Waals surface area contributed by atoms with Crippen molar-refractivity contribution >= 4 is 38.7 Å². The molecule has 0 radical (unpaired) electrons. The lowest BCUT2D eigenvalue weighted by Crippen LogP contribution is -2.36. The first-order valence-electron chi connectivity index (χ1n) is 10.5. The molecule has 0 atom stereocenters. The fourth-order valence-electron chi connectivity index (χ4n) is 3.97. The van der Waals surface area contributed by atoms with E-state index >= 15 is 0 Å². The molecular weight excluding hydrogens is 432 g/mol. The molecule has 1 heterocycles. The van der Waals surface area contributed by atoms with Crippen molar-refractivity contribution in [3.63, 3.8) is 0 Å². The molecule has 9 heteroatoms. The van der Waals surface area contributed by atoms with E-state index in [1.807, 2.05) is 31.2 Å². The fraction of sp³-hybridized carbons (Fsp3) is 0.409. The Labute approximate surface area is 186 Å². The number of hydrogen-bond acceptors (Lipinski definition) is 6. The molecule has 2 N–H and O–H groups in total. The van der Waals surface area contributed by atoms with Crippen molar-refractivity contribution in [2.24, 2.45) is 11.8 Å². The average Bonchev–Trinajstić information content (AvgIpc) is 3.26. The third-order valence-corrected chi connectivity index (χ3v) is 7.90. The Morgan fingerprint density at radius 3 is 2.55 bits per heavy atom. The molecule has 31 heavy (non-hydrogen) atoms. The van der Waals surface area contributed by atoms with Crippen molar-refractivity contribution < 1.29 is 13.2 Å². The molecule has 0 unspecified atom stereocenters. The summed E-state index contributed by atoms with van der Waals surface area (Å²) in [5.41, 5.74) is 3.29. The van der Waals surface area contributed by atoms with Gasteiger partial charge in [0.25, 0.3) is 0 Å². The van der Waals surface area contributed by atoms with Crippen molar-refractivity contribution in [1.29, 1.82) is 0 Å². The predicted octanol–water partition coefficient (Wildman–Crippen LogP) is 3.40. The van der Waals surface area contributed by atoms with Crippen LogP contribution in [0.25, 0.3) is 11.0 Å². The summed E-state index contributed by atoms with van der Waals surface area (Å²) in [5.74, 6) is 0.305. The van der Waals surface area contributed by atoms with Gasteiger partial charge in [0.1, 0.15) is 15.9 Å². The average molecular weight is 459 g/mol. The third-order valence-electron chi connectivity index (χ3n) is 5.91. The molecule has 0 aliphatic heterocycles. The van der Waals surface area contributed by atoms with Crippen LogP contribution in [0.5, 0.6) is 0 Å². The lowest BCUT2D eigenvalue weighted by atomic mass is 9.81. The molecule has 0 saturated heterocycles. The van der Waals surface area contributed by atoms with Gasteiger partial charge in [0.05, 0.1) is 11.7 Å². The number of carbonyl (C=O) groups is 1. The van der Waals surface area contributed by atoms with E-state index in [0.29, 0.717) is 24.1 Å². The van der Waals surface area contributed by atoms with Gasteiger partial charge in [0.2, 0.25) is 15.9 Å². The molecule has 1 aliphatic carbocycles. The van der Waals surface area contributed by atoms with Crippen LogP contribution in [0.1, 0.15) is 36.8 Å². The number of aryl methyl sites for hydroxylation is 1. The van der Waals surface area contributed by atoms with Gasteiger partial charge in [-0.25, -0.2) is 13.1 Å². The fourth-order valence-corrected chi connectivity index (χ4v) is 5.85. The molecule has 1 aromatic heterocycles. The van der Waals surface area contributed by atoms with Gasteiger partial charge >= 0.3 is 0 Å². The number of amides is 1. The molecule has 1 fully saturated rings. The molecule has 4 rings (SSSR count). The molecule has 2 aromatic carbocycles. The molecule has 0 bridgehead atoms. The molecule has 3 aromatic rings. The molecular formula is C22H26N4O3S2. The van der Waals surface area contributed by atoms with E-state index in [1.54, 1.807) is 18.2 Å². The highest BCUT2D eigenvalue weighted by atomic mass is 32.2. The second-order valence-corrected chi connectivity index (χ2v) is 10.4. The molecule has 1 amide bonds. The van der Waals surface area contributed by atoms with E-state index in [-0.39, 0.29) is 22.6 Å². The Morgan fingerprint density at radius 1 is 1.06 bits per heavy atom. The molecule has 7 nitrogen and oxygen atoms in total. The zero-order valence-electron chi connectivity index (χ0n) is 17.4. The second-order valence-electron chi connectivity index (χ2n) is 8.16. The van der Waals surface area contributed by atoms with Crippen LogP contribution >= 0.6 is 11.7 Å². The summed E-state index contributed by atoms with van der Waals surface area (Å²) in [6.07, 6.45) is 3.20. The van der Waals surface area contributed by atoms with Crippen molar-refractivity contribution in [3.8, 4) is 0 Å². The molecule has 1 saturated carbocycles. The Kier molecular flexibility index (Phi) is 6.64. The number of carbonyl (C=O) groups excluding carboxylic acids is 1. The maximum absolute atomic E-state index is 12.8. The van der Waals surface area contributed by atoms with Gasteiger partial charge in [0, 0.05) is 19.0 Å². The van der Waals surface area contributed by atoms with Gasteiger partial charge in [-0.05, 0) is 56.2 Å². The quantitative estimate of drug-likeness (QED) is 0.565. The maximum atomic E-state index is 12.8. The summed E-state index contributed by atoms with van der Waals surface area (Å²) in [7, 11) is -3.65. The van der Waals surface area contributed by atoms with Crippen molar-refractivity contribution in [3.05, 3.63) is 53.6 Å². The van der Waals surface area contributed by atoms with Gasteiger partial charge in [-0.2, -0.15) is 8.75 Å². The summed E-state index contributed by atoms with van der Waals surface area (Å²) < 4.78 is 36.5. The smallest absolute Gasteiger partial charge is 0.242 e. The zero-order valence-corrected chi connectivity index (χ0v) is 19.0. The van der Waals surface area contributed by atoms with Crippen molar-refractivity contribution in [2.75, 3.05) is 6.54 Å². The summed E-state index contributed by atoms with van der Waals surface area (Å²) >= 11 is 1.01. The van der Waals surface area contributed by atoms with Crippen LogP contribution in [0, 0.1) is 18.8 Å². The summed E-state index contributed by atoms with van der Waals surface area (Å²) in [5, 5.41) is 3.03. The highest BCUT2D eigenvalue weighted by Gasteiger charge is 2.28. The topological polar surface area (TPSA) is 101 Å². The highest BCUT2D eigenvalue weighted by molar-refractivity contribution is 7.89. The van der Waals surface area contributed by atoms with Gasteiger partial charge < -0.3 is 5.32 Å². The minimum Gasteiger partial charge on any atom is -0.352 e. The summed E-state index contributed by atoms with van der Waals surface area (Å²) in [4.78, 5) is 12.7. The van der Waals surface area contributed by atoms with E-state index in [0.717, 1.165) is 43.0 Å². The normalized spacial score (nSPS) is 19.4. The number of fused-ring (bicyclic) bond motifs is 1. The van der Waals surface area contributed by atoms with E-state index in [9.17, 15) is 13.2 Å². The minimum absolute atomic E-state index is 0.00636. The van der Waals surface area contributed by atoms with E-state index in [2.05, 4.69) is 18.8 Å². The zero-order chi connectivity index (χ0) is 21.8. The largest absolute Gasteiger partial charge is 0.352 e. The number of rotatable bonds is 7. The van der Waals surface area contributed by atoms with E-state index in [1.165, 1.54) is 5.56 Å². The second kappa shape index (κ2) is 9.42. The first-order valence-corrected chi connectivity index (χ1v) is 12.7. The number of sulfonamides is 1. The maximum Gasteiger partial charge on any atom is 0.242 e. The predicted molar refractivity (Wildman–Crippen MR) is 121 cm³/mol. The van der Waals surface area contributed by atoms with Gasteiger partial charge in [-0.15, -0.1) is 0 Å². The van der Waals surface area contributed by atoms with Gasteiger partial charge in [-0.1, -0.05) is 35.9 Å². The molecule has 0 spiro atoms. The number of aromatic nitrogens is 2. The van der Waals surface area contributed by atoms with Crippen LogP contribution in [0.15, 0.2) is 47.4 Å². The lowest BCUT2D eigenvalue weighted by Gasteiger charge is -2.28. The monoisotopic (exact) mass is 458 g/mol. The van der Waals surface area contributed by atoms with Crippen molar-refractivity contribution in [2.45, 2.75) is 44.0 Å². The minimum atomic E-state index is -3.65. The van der Waals surface area contributed by atoms with E-state index < -0.39 is 10.0 Å². The number of nitrogens with zero attached hydrogens (tertiary/aromatic N) is 2. The van der Waals surface area contributed by atoms with Gasteiger partial charge in [-0.3, -0.25) is 4.79 Å². The number of hydrogen-bond donors (Lipinski definition) is 2. The van der Waals surface area contributed by atoms with Crippen LogP contribution in [0.3, 0.4) is 0 Å². The lowest BCUT2D eigenvalue weighted by molar-refractivity contribution is -0.126. The first kappa shape index (κ1) is 21.9. The standard InChI is InChI=1S/C22H26N4O3S2/c1-15-5-7-16(8-6-15)13-23-22(27)18-11-9-17(10-12-18)14-24-31(28,29)20-4-2-3-19-21(20)26-30-25-19/h2-8,17-18,24H,9-14H2,1H3,(H,23,27). The van der Waals surface area contributed by atoms with Crippen LogP contribution in [0.4, 0.5) is 0 Å². The Morgan fingerprint density at radius 2 is 1.81 bits per heavy atom. The third kappa shape index (κ3) is 5.28. The summed E-state index contributed by atoms with van der Waals surface area (Å²) in [6.45, 7) is 2.95. The van der Waals surface area contributed by atoms with Crippen LogP contribution in [-0.4, -0.2) is 29.6 Å². The van der Waals surface area contributed by atoms with Gasteiger partial charge in [0.15, 0.2) is 0 Å². The van der Waals surface area contributed by atoms with Crippen molar-refractivity contribution in [1.82, 2.24) is 18.8 Å². The molecule has 164 valence electrons. The Hall–Kier alpha value is -2.36. The summed E-state index contributed by atoms with van der Waals surface area (Å²) in [6, 6.07) is 13.1. The van der Waals surface area contributed by atoms with Crippen LogP contribution in [-0.2, 0) is 21.4 Å². The first-order chi connectivity index (χ1) is 14.9. The van der Waals surface area contributed by atoms with Crippen LogP contribution < -0.4 is 10.0 Å². The molecule has 1 aliphatic rings. The number of benzene rings is 2. The Bertz CT molecular complexity index is 1150. The number of nitrogens with one attached hydrogen (secondary N) is 2. The van der Waals surface area contributed by atoms with Crippen LogP contribution in [0.2, 0.25) is 0 Å². The van der Waals surface area contributed by atoms with E-state index in [4.69, 9.17) is 0 Å². The highest BCUT2D eigenvalue weighted by Crippen LogP contribution is 2.29. The Balaban J connectivity index is 1.26.